The van der Waals surface area contributed by atoms with Crippen LogP contribution >= 0.6 is 0 Å². The topological polar surface area (TPSA) is 35.6 Å². The van der Waals surface area contributed by atoms with Gasteiger partial charge < -0.3 is 10.2 Å². The molecule has 0 bridgehead atoms. The van der Waals surface area contributed by atoms with Crippen LogP contribution in [0.4, 0.5) is 4.79 Å². The molecule has 1 heterocycles. The molecule has 2 amide bonds. The quantitative estimate of drug-likeness (QED) is 0.669. The lowest BCUT2D eigenvalue weighted by Gasteiger charge is -2.35. The predicted octanol–water partition coefficient (Wildman–Crippen LogP) is 4.35. The molecule has 0 saturated carbocycles. The highest BCUT2D eigenvalue weighted by atomic mass is 16.2. The lowest BCUT2D eigenvalue weighted by molar-refractivity contribution is 0.139. The first-order valence-corrected chi connectivity index (χ1v) is 10.7. The normalized spacial score (nSPS) is 14.6. The Bertz CT molecular complexity index is 867. The van der Waals surface area contributed by atoms with E-state index < -0.39 is 0 Å². The summed E-state index contributed by atoms with van der Waals surface area (Å²) < 4.78 is 0. The monoisotopic (exact) mass is 399 g/mol. The Hall–Kier alpha value is -3.11. The van der Waals surface area contributed by atoms with E-state index in [1.807, 2.05) is 41.3 Å². The molecule has 4 heteroatoms. The van der Waals surface area contributed by atoms with Gasteiger partial charge in [-0.25, -0.2) is 4.79 Å². The van der Waals surface area contributed by atoms with E-state index in [9.17, 15) is 4.79 Å². The van der Waals surface area contributed by atoms with Crippen molar-refractivity contribution in [3.8, 4) is 0 Å². The van der Waals surface area contributed by atoms with Gasteiger partial charge in [-0.3, -0.25) is 4.90 Å². The summed E-state index contributed by atoms with van der Waals surface area (Å²) >= 11 is 0. The molecule has 0 aromatic heterocycles. The van der Waals surface area contributed by atoms with Crippen LogP contribution in [0.1, 0.15) is 22.7 Å². The van der Waals surface area contributed by atoms with Crippen molar-refractivity contribution >= 4 is 6.03 Å². The van der Waals surface area contributed by atoms with Crippen LogP contribution in [0, 0.1) is 0 Å². The van der Waals surface area contributed by atoms with Crippen molar-refractivity contribution in [1.82, 2.24) is 15.1 Å². The van der Waals surface area contributed by atoms with Crippen LogP contribution in [0.5, 0.6) is 0 Å². The van der Waals surface area contributed by atoms with Gasteiger partial charge in [-0.15, -0.1) is 0 Å². The van der Waals surface area contributed by atoms with E-state index in [0.717, 1.165) is 50.3 Å². The van der Waals surface area contributed by atoms with Gasteiger partial charge in [0.15, 0.2) is 0 Å². The molecule has 0 radical (unpaired) electrons. The number of carbonyl (C=O) groups excluding carboxylic acids is 1. The fourth-order valence-corrected chi connectivity index (χ4v) is 3.97. The Morgan fingerprint density at radius 3 is 1.77 bits per heavy atom. The first-order valence-electron chi connectivity index (χ1n) is 10.7. The fourth-order valence-electron chi connectivity index (χ4n) is 3.97. The molecule has 1 saturated heterocycles. The third-order valence-electron chi connectivity index (χ3n) is 5.75. The zero-order chi connectivity index (χ0) is 20.6. The molecule has 1 aliphatic rings. The number of amides is 2. The Morgan fingerprint density at radius 2 is 1.23 bits per heavy atom. The molecule has 154 valence electrons. The van der Waals surface area contributed by atoms with Crippen LogP contribution in [0.15, 0.2) is 91.0 Å². The second kappa shape index (κ2) is 10.1. The number of hydrogen-bond donors (Lipinski definition) is 1. The molecule has 30 heavy (non-hydrogen) atoms. The van der Waals surface area contributed by atoms with Gasteiger partial charge in [0.25, 0.3) is 0 Å². The second-order valence-electron chi connectivity index (χ2n) is 7.77. The summed E-state index contributed by atoms with van der Waals surface area (Å²) in [6.07, 6.45) is 1.05. The molecule has 0 spiro atoms. The number of nitrogens with zero attached hydrogens (tertiary/aromatic N) is 2. The van der Waals surface area contributed by atoms with Gasteiger partial charge in [-0.2, -0.15) is 0 Å². The Morgan fingerprint density at radius 1 is 0.733 bits per heavy atom. The summed E-state index contributed by atoms with van der Waals surface area (Å²) in [5.74, 6) is 0. The molecule has 1 N–H and O–H groups in total. The predicted molar refractivity (Wildman–Crippen MR) is 121 cm³/mol. The second-order valence-corrected chi connectivity index (χ2v) is 7.77. The van der Waals surface area contributed by atoms with Gasteiger partial charge in [-0.05, 0) is 23.1 Å². The van der Waals surface area contributed by atoms with Crippen LogP contribution in [0.25, 0.3) is 0 Å². The lowest BCUT2D eigenvalue weighted by Crippen LogP contribution is -2.52. The van der Waals surface area contributed by atoms with Gasteiger partial charge in [0.1, 0.15) is 0 Å². The largest absolute Gasteiger partial charge is 0.327 e. The van der Waals surface area contributed by atoms with E-state index >= 15 is 0 Å². The summed E-state index contributed by atoms with van der Waals surface area (Å²) in [5.41, 5.74) is 3.56. The van der Waals surface area contributed by atoms with Crippen molar-refractivity contribution in [3.63, 3.8) is 0 Å². The Balaban J connectivity index is 1.34. The van der Waals surface area contributed by atoms with Crippen molar-refractivity contribution in [2.75, 3.05) is 32.7 Å². The van der Waals surface area contributed by atoms with Crippen LogP contribution in [-0.4, -0.2) is 48.6 Å². The number of hydrogen-bond acceptors (Lipinski definition) is 2. The summed E-state index contributed by atoms with van der Waals surface area (Å²) in [6.45, 7) is 4.40. The summed E-state index contributed by atoms with van der Waals surface area (Å²) in [7, 11) is 0. The fraction of sp³-hybridized carbons (Fsp3) is 0.269. The third kappa shape index (κ3) is 5.28. The molecule has 4 nitrogen and oxygen atoms in total. The van der Waals surface area contributed by atoms with Gasteiger partial charge in [0, 0.05) is 32.7 Å². The standard InChI is InChI=1S/C26H29N3O/c30-26(27-25(23-12-6-2-7-13-23)24-14-8-3-9-15-24)29-20-18-28(19-21-29)17-16-22-10-4-1-5-11-22/h1-15,25H,16-21H2,(H,27,30). The van der Waals surface area contributed by atoms with Crippen molar-refractivity contribution in [3.05, 3.63) is 108 Å². The molecule has 1 fully saturated rings. The first kappa shape index (κ1) is 20.2. The number of nitrogens with one attached hydrogen (secondary N) is 1. The van der Waals surface area contributed by atoms with Crippen LogP contribution in [-0.2, 0) is 6.42 Å². The highest BCUT2D eigenvalue weighted by Gasteiger charge is 2.24. The highest BCUT2D eigenvalue weighted by molar-refractivity contribution is 5.75. The Labute approximate surface area is 179 Å². The average Bonchev–Trinajstić information content (AvgIpc) is 2.83. The number of rotatable bonds is 6. The molecule has 3 aromatic carbocycles. The van der Waals surface area contributed by atoms with E-state index in [2.05, 4.69) is 64.8 Å². The van der Waals surface area contributed by atoms with E-state index in [0.29, 0.717) is 0 Å². The maximum Gasteiger partial charge on any atom is 0.318 e. The zero-order valence-electron chi connectivity index (χ0n) is 17.3. The van der Waals surface area contributed by atoms with E-state index in [1.54, 1.807) is 0 Å². The van der Waals surface area contributed by atoms with Gasteiger partial charge >= 0.3 is 6.03 Å². The first-order chi connectivity index (χ1) is 14.8. The van der Waals surface area contributed by atoms with Crippen molar-refractivity contribution < 1.29 is 4.79 Å². The molecule has 1 aliphatic heterocycles. The van der Waals surface area contributed by atoms with E-state index in [1.165, 1.54) is 5.56 Å². The molecular formula is C26H29N3O. The Kier molecular flexibility index (Phi) is 6.78. The van der Waals surface area contributed by atoms with Gasteiger partial charge in [0.2, 0.25) is 0 Å². The summed E-state index contributed by atoms with van der Waals surface area (Å²) in [6, 6.07) is 30.8. The lowest BCUT2D eigenvalue weighted by atomic mass is 9.99. The van der Waals surface area contributed by atoms with Crippen molar-refractivity contribution in [2.24, 2.45) is 0 Å². The molecule has 4 rings (SSSR count). The van der Waals surface area contributed by atoms with Gasteiger partial charge in [-0.1, -0.05) is 91.0 Å². The summed E-state index contributed by atoms with van der Waals surface area (Å²) in [5, 5.41) is 3.26. The minimum atomic E-state index is -0.143. The third-order valence-corrected chi connectivity index (χ3v) is 5.75. The minimum absolute atomic E-state index is 0.00964. The molecule has 3 aromatic rings. The maximum atomic E-state index is 13.0. The van der Waals surface area contributed by atoms with Crippen molar-refractivity contribution in [1.29, 1.82) is 0 Å². The SMILES string of the molecule is O=C(NC(c1ccccc1)c1ccccc1)N1CCN(CCc2ccccc2)CC1. The maximum absolute atomic E-state index is 13.0. The minimum Gasteiger partial charge on any atom is -0.327 e. The van der Waals surface area contributed by atoms with Crippen molar-refractivity contribution in [2.45, 2.75) is 12.5 Å². The average molecular weight is 400 g/mol. The van der Waals surface area contributed by atoms with Gasteiger partial charge in [0.05, 0.1) is 6.04 Å². The van der Waals surface area contributed by atoms with Crippen LogP contribution in [0.2, 0.25) is 0 Å². The molecule has 0 atom stereocenters. The number of benzene rings is 3. The number of carbonyl (C=O) groups is 1. The van der Waals surface area contributed by atoms with Crippen LogP contribution < -0.4 is 5.32 Å². The zero-order valence-corrected chi connectivity index (χ0v) is 17.3. The van der Waals surface area contributed by atoms with E-state index in [-0.39, 0.29) is 12.1 Å². The highest BCUT2D eigenvalue weighted by Crippen LogP contribution is 2.22. The molecule has 0 aliphatic carbocycles. The number of urea groups is 1. The molecular weight excluding hydrogens is 370 g/mol. The summed E-state index contributed by atoms with van der Waals surface area (Å²) in [4.78, 5) is 17.4. The molecule has 0 unspecified atom stereocenters. The van der Waals surface area contributed by atoms with E-state index in [4.69, 9.17) is 0 Å². The van der Waals surface area contributed by atoms with Crippen LogP contribution in [0.3, 0.4) is 0 Å². The number of piperazine rings is 1. The smallest absolute Gasteiger partial charge is 0.318 e.